The van der Waals surface area contributed by atoms with Gasteiger partial charge in [0.05, 0.1) is 6.42 Å². The van der Waals surface area contributed by atoms with Crippen molar-refractivity contribution in [3.8, 4) is 0 Å². The lowest BCUT2D eigenvalue weighted by Gasteiger charge is -2.19. The summed E-state index contributed by atoms with van der Waals surface area (Å²) in [7, 11) is 0. The standard InChI is InChI=1S/C10H16O2/c11-10-7-8-5-3-1-2-4-6-9(8)12-10/h8-9H,1-7H2/t8-,9-/m0/s1. The molecule has 2 atom stereocenters. The highest BCUT2D eigenvalue weighted by molar-refractivity contribution is 5.72. The summed E-state index contributed by atoms with van der Waals surface area (Å²) in [6.07, 6.45) is 8.47. The van der Waals surface area contributed by atoms with Crippen molar-refractivity contribution in [2.45, 2.75) is 51.0 Å². The summed E-state index contributed by atoms with van der Waals surface area (Å²) < 4.78 is 5.26. The van der Waals surface area contributed by atoms with Gasteiger partial charge in [-0.05, 0) is 19.3 Å². The molecule has 2 fully saturated rings. The topological polar surface area (TPSA) is 26.3 Å². The van der Waals surface area contributed by atoms with E-state index in [2.05, 4.69) is 0 Å². The van der Waals surface area contributed by atoms with E-state index in [9.17, 15) is 4.79 Å². The van der Waals surface area contributed by atoms with Crippen molar-refractivity contribution in [2.75, 3.05) is 0 Å². The van der Waals surface area contributed by atoms with E-state index in [4.69, 9.17) is 4.74 Å². The number of ether oxygens (including phenoxy) is 1. The average molecular weight is 168 g/mol. The molecular weight excluding hydrogens is 152 g/mol. The summed E-state index contributed by atoms with van der Waals surface area (Å²) in [6, 6.07) is 0. The minimum Gasteiger partial charge on any atom is -0.462 e. The van der Waals surface area contributed by atoms with Crippen molar-refractivity contribution in [3.05, 3.63) is 0 Å². The number of carbonyl (C=O) groups is 1. The van der Waals surface area contributed by atoms with Crippen LogP contribution >= 0.6 is 0 Å². The van der Waals surface area contributed by atoms with Gasteiger partial charge in [0, 0.05) is 5.92 Å². The molecule has 2 heteroatoms. The summed E-state index contributed by atoms with van der Waals surface area (Å²) in [4.78, 5) is 11.0. The highest BCUT2D eigenvalue weighted by Crippen LogP contribution is 2.32. The minimum absolute atomic E-state index is 0.0342. The Kier molecular flexibility index (Phi) is 2.33. The maximum atomic E-state index is 11.0. The van der Waals surface area contributed by atoms with E-state index in [1.807, 2.05) is 0 Å². The van der Waals surface area contributed by atoms with Gasteiger partial charge in [0.25, 0.3) is 0 Å². The van der Waals surface area contributed by atoms with Gasteiger partial charge in [0.1, 0.15) is 6.10 Å². The average Bonchev–Trinajstić information content (AvgIpc) is 2.32. The van der Waals surface area contributed by atoms with Gasteiger partial charge in [0.2, 0.25) is 0 Å². The Labute approximate surface area is 73.3 Å². The molecule has 1 saturated heterocycles. The van der Waals surface area contributed by atoms with Crippen LogP contribution in [0.5, 0.6) is 0 Å². The fraction of sp³-hybridized carbons (Fsp3) is 0.900. The van der Waals surface area contributed by atoms with Gasteiger partial charge < -0.3 is 4.74 Å². The van der Waals surface area contributed by atoms with Gasteiger partial charge in [0.15, 0.2) is 0 Å². The second kappa shape index (κ2) is 3.46. The largest absolute Gasteiger partial charge is 0.462 e. The number of carbonyl (C=O) groups excluding carboxylic acids is 1. The van der Waals surface area contributed by atoms with Gasteiger partial charge in [-0.25, -0.2) is 0 Å². The Morgan fingerprint density at radius 1 is 1.08 bits per heavy atom. The fourth-order valence-corrected chi connectivity index (χ4v) is 2.35. The predicted molar refractivity (Wildman–Crippen MR) is 45.7 cm³/mol. The van der Waals surface area contributed by atoms with Crippen molar-refractivity contribution in [1.82, 2.24) is 0 Å². The highest BCUT2D eigenvalue weighted by Gasteiger charge is 2.34. The first-order chi connectivity index (χ1) is 5.86. The lowest BCUT2D eigenvalue weighted by molar-refractivity contribution is -0.141. The van der Waals surface area contributed by atoms with Crippen LogP contribution in [0.4, 0.5) is 0 Å². The Balaban J connectivity index is 1.96. The first-order valence-electron chi connectivity index (χ1n) is 5.06. The van der Waals surface area contributed by atoms with E-state index in [0.29, 0.717) is 12.3 Å². The van der Waals surface area contributed by atoms with Gasteiger partial charge in [-0.2, -0.15) is 0 Å². The lowest BCUT2D eigenvalue weighted by Crippen LogP contribution is -2.17. The summed E-state index contributed by atoms with van der Waals surface area (Å²) in [5, 5.41) is 0. The van der Waals surface area contributed by atoms with Gasteiger partial charge >= 0.3 is 5.97 Å². The number of esters is 1. The van der Waals surface area contributed by atoms with Crippen LogP contribution < -0.4 is 0 Å². The van der Waals surface area contributed by atoms with E-state index < -0.39 is 0 Å². The summed E-state index contributed by atoms with van der Waals surface area (Å²) >= 11 is 0. The number of rotatable bonds is 0. The van der Waals surface area contributed by atoms with Crippen LogP contribution in [0.25, 0.3) is 0 Å². The molecule has 0 N–H and O–H groups in total. The molecular formula is C10H16O2. The summed E-state index contributed by atoms with van der Waals surface area (Å²) in [6.45, 7) is 0. The van der Waals surface area contributed by atoms with Crippen LogP contribution in [0.3, 0.4) is 0 Å². The third kappa shape index (κ3) is 1.62. The first-order valence-corrected chi connectivity index (χ1v) is 5.06. The Hall–Kier alpha value is -0.530. The molecule has 0 aromatic carbocycles. The molecule has 2 nitrogen and oxygen atoms in total. The van der Waals surface area contributed by atoms with Crippen LogP contribution in [0.15, 0.2) is 0 Å². The maximum absolute atomic E-state index is 11.0. The second-order valence-electron chi connectivity index (χ2n) is 3.98. The predicted octanol–water partition coefficient (Wildman–Crippen LogP) is 2.27. The zero-order valence-electron chi connectivity index (χ0n) is 7.42. The van der Waals surface area contributed by atoms with Gasteiger partial charge in [-0.15, -0.1) is 0 Å². The molecule has 0 aromatic rings. The third-order valence-electron chi connectivity index (χ3n) is 3.05. The van der Waals surface area contributed by atoms with Crippen molar-refractivity contribution in [1.29, 1.82) is 0 Å². The lowest BCUT2D eigenvalue weighted by atomic mass is 9.88. The Bertz CT molecular complexity index is 159. The number of hydrogen-bond acceptors (Lipinski definition) is 2. The van der Waals surface area contributed by atoms with E-state index in [1.165, 1.54) is 32.1 Å². The molecule has 0 amide bonds. The van der Waals surface area contributed by atoms with Crippen LogP contribution in [0.1, 0.15) is 44.9 Å². The molecule has 1 aliphatic heterocycles. The van der Waals surface area contributed by atoms with E-state index in [-0.39, 0.29) is 12.1 Å². The molecule has 1 heterocycles. The molecule has 0 bridgehead atoms. The molecule has 1 aliphatic carbocycles. The zero-order chi connectivity index (χ0) is 8.39. The van der Waals surface area contributed by atoms with Crippen LogP contribution in [-0.4, -0.2) is 12.1 Å². The second-order valence-corrected chi connectivity index (χ2v) is 3.98. The van der Waals surface area contributed by atoms with E-state index in [0.717, 1.165) is 6.42 Å². The molecule has 0 unspecified atom stereocenters. The molecule has 0 aromatic heterocycles. The molecule has 0 spiro atoms. The monoisotopic (exact) mass is 168 g/mol. The van der Waals surface area contributed by atoms with Crippen LogP contribution in [-0.2, 0) is 9.53 Å². The van der Waals surface area contributed by atoms with Crippen molar-refractivity contribution in [3.63, 3.8) is 0 Å². The minimum atomic E-state index is 0.0342. The maximum Gasteiger partial charge on any atom is 0.306 e. The molecule has 1 saturated carbocycles. The van der Waals surface area contributed by atoms with Crippen LogP contribution in [0, 0.1) is 5.92 Å². The SMILES string of the molecule is O=C1C[C@@H]2CCCCCC[C@@H]2O1. The number of fused-ring (bicyclic) bond motifs is 1. The van der Waals surface area contributed by atoms with Crippen molar-refractivity contribution < 1.29 is 9.53 Å². The van der Waals surface area contributed by atoms with Crippen molar-refractivity contribution >= 4 is 5.97 Å². The van der Waals surface area contributed by atoms with Crippen LogP contribution in [0.2, 0.25) is 0 Å². The quantitative estimate of drug-likeness (QED) is 0.519. The highest BCUT2D eigenvalue weighted by atomic mass is 16.5. The fourth-order valence-electron chi connectivity index (χ4n) is 2.35. The first kappa shape index (κ1) is 8.09. The molecule has 68 valence electrons. The summed E-state index contributed by atoms with van der Waals surface area (Å²) in [5.41, 5.74) is 0. The molecule has 2 aliphatic rings. The van der Waals surface area contributed by atoms with E-state index in [1.54, 1.807) is 0 Å². The normalized spacial score (nSPS) is 36.5. The molecule has 12 heavy (non-hydrogen) atoms. The zero-order valence-corrected chi connectivity index (χ0v) is 7.42. The third-order valence-corrected chi connectivity index (χ3v) is 3.05. The Morgan fingerprint density at radius 3 is 2.67 bits per heavy atom. The van der Waals surface area contributed by atoms with Gasteiger partial charge in [-0.1, -0.05) is 19.3 Å². The molecule has 0 radical (unpaired) electrons. The Morgan fingerprint density at radius 2 is 1.83 bits per heavy atom. The molecule has 2 rings (SSSR count). The summed E-state index contributed by atoms with van der Waals surface area (Å²) in [5.74, 6) is 0.588. The van der Waals surface area contributed by atoms with E-state index >= 15 is 0 Å². The number of hydrogen-bond donors (Lipinski definition) is 0. The smallest absolute Gasteiger partial charge is 0.306 e. The van der Waals surface area contributed by atoms with Crippen molar-refractivity contribution in [2.24, 2.45) is 5.92 Å². The van der Waals surface area contributed by atoms with Gasteiger partial charge in [-0.3, -0.25) is 4.79 Å².